The summed E-state index contributed by atoms with van der Waals surface area (Å²) in [6.45, 7) is 0. The van der Waals surface area contributed by atoms with Gasteiger partial charge in [-0.05, 0) is 0 Å². The average Bonchev–Trinajstić information content (AvgIpc) is 2.24. The molecule has 0 unspecified atom stereocenters. The molecule has 1 heterocycles. The summed E-state index contributed by atoms with van der Waals surface area (Å²) in [5, 5.41) is 2.31. The van der Waals surface area contributed by atoms with E-state index >= 15 is 0 Å². The Morgan fingerprint density at radius 3 is 1.38 bits per heavy atom. The van der Waals surface area contributed by atoms with E-state index < -0.39 is 35.6 Å². The number of amides is 2. The van der Waals surface area contributed by atoms with Gasteiger partial charge in [0.05, 0.1) is 0 Å². The molecular formula is C6H2F6N2O2. The molecule has 2 N–H and O–H groups in total. The summed E-state index contributed by atoms with van der Waals surface area (Å²) in [5.41, 5.74) is -2.96. The number of rotatable bonds is 0. The van der Waals surface area contributed by atoms with Gasteiger partial charge in [0.2, 0.25) is 0 Å². The fourth-order valence-electron chi connectivity index (χ4n) is 0.941. The SMILES string of the molecule is O=C1NC(=C(C(F)(F)F)C(F)(F)F)NC1=O. The van der Waals surface area contributed by atoms with Crippen molar-refractivity contribution < 1.29 is 35.9 Å². The van der Waals surface area contributed by atoms with Crippen molar-refractivity contribution in [3.63, 3.8) is 0 Å². The second-order valence-corrected chi connectivity index (χ2v) is 2.65. The van der Waals surface area contributed by atoms with Crippen LogP contribution in [0.5, 0.6) is 0 Å². The molecule has 0 saturated carbocycles. The molecule has 1 rings (SSSR count). The van der Waals surface area contributed by atoms with Gasteiger partial charge in [0.15, 0.2) is 5.57 Å². The van der Waals surface area contributed by atoms with Crippen molar-refractivity contribution in [2.24, 2.45) is 0 Å². The third-order valence-corrected chi connectivity index (χ3v) is 1.50. The minimum Gasteiger partial charge on any atom is -0.303 e. The Balaban J connectivity index is 3.28. The van der Waals surface area contributed by atoms with E-state index in [9.17, 15) is 35.9 Å². The lowest BCUT2D eigenvalue weighted by molar-refractivity contribution is -0.173. The summed E-state index contributed by atoms with van der Waals surface area (Å²) < 4.78 is 72.2. The summed E-state index contributed by atoms with van der Waals surface area (Å²) in [6, 6.07) is 0. The van der Waals surface area contributed by atoms with E-state index in [1.54, 1.807) is 0 Å². The molecule has 90 valence electrons. The molecular weight excluding hydrogens is 246 g/mol. The van der Waals surface area contributed by atoms with Crippen molar-refractivity contribution in [3.05, 3.63) is 11.4 Å². The number of alkyl halides is 6. The van der Waals surface area contributed by atoms with E-state index in [1.807, 2.05) is 0 Å². The Morgan fingerprint density at radius 1 is 0.812 bits per heavy atom. The largest absolute Gasteiger partial charge is 0.424 e. The van der Waals surface area contributed by atoms with Crippen LogP contribution in [-0.4, -0.2) is 24.2 Å². The van der Waals surface area contributed by atoms with E-state index in [2.05, 4.69) is 0 Å². The van der Waals surface area contributed by atoms with Gasteiger partial charge in [-0.2, -0.15) is 26.3 Å². The molecule has 1 saturated heterocycles. The van der Waals surface area contributed by atoms with Crippen LogP contribution < -0.4 is 10.6 Å². The molecule has 2 amide bonds. The third-order valence-electron chi connectivity index (χ3n) is 1.50. The summed E-state index contributed by atoms with van der Waals surface area (Å²) >= 11 is 0. The van der Waals surface area contributed by atoms with Gasteiger partial charge in [-0.25, -0.2) is 0 Å². The lowest BCUT2D eigenvalue weighted by atomic mass is 10.2. The molecule has 0 aliphatic carbocycles. The number of carbonyl (C=O) groups is 2. The standard InChI is InChI=1S/C6H2F6N2O2/c7-5(8,9)1(6(10,11)12)2-13-3(15)4(16)14-2/h(H,13,15)(H,14,16). The Kier molecular flexibility index (Phi) is 2.61. The summed E-state index contributed by atoms with van der Waals surface area (Å²) in [4.78, 5) is 20.9. The fraction of sp³-hybridized carbons (Fsp3) is 0.333. The number of halogens is 6. The molecule has 0 aromatic heterocycles. The zero-order valence-electron chi connectivity index (χ0n) is 7.08. The Labute approximate surface area is 83.3 Å². The molecule has 1 aliphatic heterocycles. The van der Waals surface area contributed by atoms with Crippen LogP contribution in [0, 0.1) is 0 Å². The normalized spacial score (nSPS) is 17.2. The number of hydrogen-bond acceptors (Lipinski definition) is 2. The molecule has 1 fully saturated rings. The number of carbonyl (C=O) groups excluding carboxylic acids is 2. The van der Waals surface area contributed by atoms with Gasteiger partial charge in [0, 0.05) is 0 Å². The van der Waals surface area contributed by atoms with E-state index in [-0.39, 0.29) is 0 Å². The van der Waals surface area contributed by atoms with Crippen LogP contribution in [0.25, 0.3) is 0 Å². The van der Waals surface area contributed by atoms with Gasteiger partial charge in [0.1, 0.15) is 5.82 Å². The van der Waals surface area contributed by atoms with Gasteiger partial charge in [-0.3, -0.25) is 9.59 Å². The van der Waals surface area contributed by atoms with Crippen LogP contribution in [0.4, 0.5) is 26.3 Å². The molecule has 0 aromatic rings. The maximum atomic E-state index is 12.0. The topological polar surface area (TPSA) is 58.2 Å². The molecule has 1 aliphatic rings. The van der Waals surface area contributed by atoms with Gasteiger partial charge in [0.25, 0.3) is 0 Å². The predicted octanol–water partition coefficient (Wildman–Crippen LogP) is 0.569. The van der Waals surface area contributed by atoms with Crippen molar-refractivity contribution in [1.29, 1.82) is 0 Å². The Morgan fingerprint density at radius 2 is 1.12 bits per heavy atom. The summed E-state index contributed by atoms with van der Waals surface area (Å²) in [6.07, 6.45) is -11.5. The first kappa shape index (κ1) is 12.3. The minimum absolute atomic E-state index is 1.16. The highest BCUT2D eigenvalue weighted by Gasteiger charge is 2.55. The number of nitrogens with one attached hydrogen (secondary N) is 2. The van der Waals surface area contributed by atoms with Crippen LogP contribution in [0.2, 0.25) is 0 Å². The smallest absolute Gasteiger partial charge is 0.303 e. The van der Waals surface area contributed by atoms with Crippen molar-refractivity contribution in [2.45, 2.75) is 12.4 Å². The maximum Gasteiger partial charge on any atom is 0.424 e. The second-order valence-electron chi connectivity index (χ2n) is 2.65. The Hall–Kier alpha value is -1.74. The van der Waals surface area contributed by atoms with Crippen molar-refractivity contribution >= 4 is 11.8 Å². The van der Waals surface area contributed by atoms with Gasteiger partial charge in [-0.1, -0.05) is 0 Å². The summed E-state index contributed by atoms with van der Waals surface area (Å²) in [7, 11) is 0. The molecule has 0 aromatic carbocycles. The highest BCUT2D eigenvalue weighted by Crippen LogP contribution is 2.39. The van der Waals surface area contributed by atoms with Crippen molar-refractivity contribution in [3.8, 4) is 0 Å². The van der Waals surface area contributed by atoms with Crippen LogP contribution >= 0.6 is 0 Å². The van der Waals surface area contributed by atoms with Crippen molar-refractivity contribution in [2.75, 3.05) is 0 Å². The van der Waals surface area contributed by atoms with Crippen LogP contribution in [0.3, 0.4) is 0 Å². The monoisotopic (exact) mass is 248 g/mol. The zero-order valence-corrected chi connectivity index (χ0v) is 7.08. The van der Waals surface area contributed by atoms with E-state index in [0.717, 1.165) is 10.6 Å². The molecule has 4 nitrogen and oxygen atoms in total. The van der Waals surface area contributed by atoms with E-state index in [1.165, 1.54) is 0 Å². The van der Waals surface area contributed by atoms with Crippen LogP contribution in [0.1, 0.15) is 0 Å². The molecule has 16 heavy (non-hydrogen) atoms. The molecule has 10 heteroatoms. The van der Waals surface area contributed by atoms with Crippen molar-refractivity contribution in [1.82, 2.24) is 10.6 Å². The lowest BCUT2D eigenvalue weighted by Gasteiger charge is -2.16. The van der Waals surface area contributed by atoms with Gasteiger partial charge >= 0.3 is 24.2 Å². The van der Waals surface area contributed by atoms with Gasteiger partial charge in [-0.15, -0.1) is 0 Å². The van der Waals surface area contributed by atoms with Crippen LogP contribution in [0.15, 0.2) is 11.4 Å². The average molecular weight is 248 g/mol. The lowest BCUT2D eigenvalue weighted by Crippen LogP contribution is -2.33. The zero-order chi connectivity index (χ0) is 12.7. The van der Waals surface area contributed by atoms with Gasteiger partial charge < -0.3 is 10.6 Å². The fourth-order valence-corrected chi connectivity index (χ4v) is 0.941. The minimum atomic E-state index is -5.74. The molecule has 0 bridgehead atoms. The second kappa shape index (κ2) is 3.39. The maximum absolute atomic E-state index is 12.0. The quantitative estimate of drug-likeness (QED) is 0.486. The van der Waals surface area contributed by atoms with E-state index in [4.69, 9.17) is 0 Å². The highest BCUT2D eigenvalue weighted by molar-refractivity contribution is 6.38. The predicted molar refractivity (Wildman–Crippen MR) is 35.4 cm³/mol. The third kappa shape index (κ3) is 2.25. The first-order valence-corrected chi connectivity index (χ1v) is 3.54. The molecule has 0 radical (unpaired) electrons. The number of allylic oxidation sites excluding steroid dienone is 1. The highest BCUT2D eigenvalue weighted by atomic mass is 19.4. The first-order chi connectivity index (χ1) is 7.03. The van der Waals surface area contributed by atoms with E-state index in [0.29, 0.717) is 0 Å². The molecule has 0 spiro atoms. The first-order valence-electron chi connectivity index (χ1n) is 3.54. The number of hydrogen-bond donors (Lipinski definition) is 2. The summed E-state index contributed by atoms with van der Waals surface area (Å²) in [5.74, 6) is -4.86. The Bertz CT molecular complexity index is 345. The molecule has 0 atom stereocenters. The van der Waals surface area contributed by atoms with Crippen LogP contribution in [-0.2, 0) is 9.59 Å².